The molecule has 0 aliphatic carbocycles. The lowest BCUT2D eigenvalue weighted by Crippen LogP contribution is -2.26. The number of nitrogens with zero attached hydrogens (tertiary/aromatic N) is 6. The predicted octanol–water partition coefficient (Wildman–Crippen LogP) is 4.63. The number of methoxy groups -OCH3 is 1. The molecule has 0 aromatic carbocycles. The highest BCUT2D eigenvalue weighted by Gasteiger charge is 2.29. The van der Waals surface area contributed by atoms with E-state index >= 15 is 0 Å². The van der Waals surface area contributed by atoms with E-state index in [4.69, 9.17) is 16.3 Å². The number of fused-ring (bicyclic) bond motifs is 2. The van der Waals surface area contributed by atoms with E-state index in [9.17, 15) is 9.59 Å². The van der Waals surface area contributed by atoms with E-state index in [0.29, 0.717) is 46.2 Å². The van der Waals surface area contributed by atoms with Crippen LogP contribution in [-0.4, -0.2) is 48.2 Å². The molecule has 1 aliphatic heterocycles. The van der Waals surface area contributed by atoms with Gasteiger partial charge in [0.1, 0.15) is 10.9 Å². The van der Waals surface area contributed by atoms with Gasteiger partial charge in [-0.1, -0.05) is 22.9 Å². The van der Waals surface area contributed by atoms with E-state index in [-0.39, 0.29) is 17.0 Å². The number of carbonyl (C=O) groups excluding carboxylic acids is 2. The Balaban J connectivity index is 1.22. The Labute approximate surface area is 225 Å². The number of rotatable bonds is 5. The molecule has 5 aromatic heterocycles. The molecule has 0 bridgehead atoms. The van der Waals surface area contributed by atoms with Crippen molar-refractivity contribution in [3.05, 3.63) is 87.9 Å². The normalized spacial score (nSPS) is 12.6. The number of imidazole rings is 1. The third-order valence-corrected chi connectivity index (χ3v) is 7.48. The van der Waals surface area contributed by atoms with E-state index in [0.717, 1.165) is 21.8 Å². The number of pyridine rings is 3. The molecule has 0 radical (unpaired) electrons. The van der Waals surface area contributed by atoms with Gasteiger partial charge in [-0.15, -0.1) is 0 Å². The molecule has 0 atom stereocenters. The average molecular weight is 546 g/mol. The van der Waals surface area contributed by atoms with Gasteiger partial charge in [0.15, 0.2) is 5.13 Å². The summed E-state index contributed by atoms with van der Waals surface area (Å²) in [4.78, 5) is 46.3. The Morgan fingerprint density at radius 1 is 1.11 bits per heavy atom. The van der Waals surface area contributed by atoms with E-state index < -0.39 is 0 Å². The van der Waals surface area contributed by atoms with Crippen LogP contribution >= 0.6 is 22.9 Å². The number of carbonyl (C=O) groups is 2. The third-order valence-electron chi connectivity index (χ3n) is 6.27. The second-order valence-electron chi connectivity index (χ2n) is 8.69. The molecule has 38 heavy (non-hydrogen) atoms. The van der Waals surface area contributed by atoms with Crippen molar-refractivity contribution in [2.24, 2.45) is 0 Å². The van der Waals surface area contributed by atoms with Crippen molar-refractivity contribution < 1.29 is 14.3 Å². The molecular weight excluding hydrogens is 526 g/mol. The van der Waals surface area contributed by atoms with Crippen LogP contribution in [0.4, 0.5) is 5.13 Å². The molecule has 0 unspecified atom stereocenters. The van der Waals surface area contributed by atoms with Crippen molar-refractivity contribution in [2.75, 3.05) is 12.4 Å². The van der Waals surface area contributed by atoms with Gasteiger partial charge in [0.2, 0.25) is 0 Å². The molecular formula is C26H20ClN7O3S. The Morgan fingerprint density at radius 3 is 2.79 bits per heavy atom. The minimum atomic E-state index is -0.366. The van der Waals surface area contributed by atoms with Crippen LogP contribution in [-0.2, 0) is 13.1 Å². The SMILES string of the molecule is COc1cnc(Cl)cc1-c1cc(C)ncc1C(=O)Nc1nc2c(s1)CN(C(=O)c1cccn3cncc13)C2. The first-order valence-corrected chi connectivity index (χ1v) is 12.8. The maximum atomic E-state index is 13.3. The quantitative estimate of drug-likeness (QED) is 0.320. The van der Waals surface area contributed by atoms with Crippen molar-refractivity contribution in [1.82, 2.24) is 29.2 Å². The van der Waals surface area contributed by atoms with Crippen LogP contribution in [0.3, 0.4) is 0 Å². The minimum Gasteiger partial charge on any atom is -0.494 e. The van der Waals surface area contributed by atoms with Crippen molar-refractivity contribution in [2.45, 2.75) is 20.0 Å². The Bertz CT molecular complexity index is 1710. The molecule has 1 N–H and O–H groups in total. The van der Waals surface area contributed by atoms with Crippen LogP contribution in [0.2, 0.25) is 5.15 Å². The molecule has 0 fully saturated rings. The van der Waals surface area contributed by atoms with E-state index in [2.05, 4.69) is 25.3 Å². The molecule has 0 saturated heterocycles. The van der Waals surface area contributed by atoms with Gasteiger partial charge in [0.05, 0.1) is 66.1 Å². The number of halogens is 1. The lowest BCUT2D eigenvalue weighted by atomic mass is 10.0. The molecule has 5 aromatic rings. The lowest BCUT2D eigenvalue weighted by molar-refractivity contribution is 0.0752. The Kier molecular flexibility index (Phi) is 6.01. The van der Waals surface area contributed by atoms with Crippen LogP contribution in [0, 0.1) is 6.92 Å². The fourth-order valence-corrected chi connectivity index (χ4v) is 5.60. The van der Waals surface area contributed by atoms with Crippen LogP contribution in [0.1, 0.15) is 37.0 Å². The second kappa shape index (κ2) is 9.51. The highest BCUT2D eigenvalue weighted by atomic mass is 35.5. The first kappa shape index (κ1) is 24.0. The zero-order valence-electron chi connectivity index (χ0n) is 20.3. The summed E-state index contributed by atoms with van der Waals surface area (Å²) in [5.41, 5.74) is 4.43. The summed E-state index contributed by atoms with van der Waals surface area (Å²) in [5, 5.41) is 3.62. The smallest absolute Gasteiger partial charge is 0.259 e. The number of nitrogens with one attached hydrogen (secondary N) is 1. The van der Waals surface area contributed by atoms with Gasteiger partial charge in [-0.05, 0) is 31.2 Å². The van der Waals surface area contributed by atoms with Gasteiger partial charge in [-0.25, -0.2) is 15.0 Å². The zero-order chi connectivity index (χ0) is 26.4. The van der Waals surface area contributed by atoms with Crippen molar-refractivity contribution >= 4 is 45.4 Å². The van der Waals surface area contributed by atoms with Gasteiger partial charge >= 0.3 is 0 Å². The van der Waals surface area contributed by atoms with Gasteiger partial charge in [0, 0.05) is 29.2 Å². The standard InChI is InChI=1S/C26H20ClN7O3S/c1-14-6-16(17-7-23(27)30-10-21(17)37-2)18(8-29-14)24(35)32-26-31-19-11-34(12-22(19)38-26)25(36)15-4-3-5-33-13-28-9-20(15)33/h3-10,13H,11-12H2,1-2H3,(H,31,32,35). The number of thiazole rings is 1. The zero-order valence-corrected chi connectivity index (χ0v) is 21.9. The number of amides is 2. The summed E-state index contributed by atoms with van der Waals surface area (Å²) in [7, 11) is 1.53. The number of anilines is 1. The minimum absolute atomic E-state index is 0.0905. The summed E-state index contributed by atoms with van der Waals surface area (Å²) in [6, 6.07) is 7.07. The van der Waals surface area contributed by atoms with E-state index in [1.54, 1.807) is 35.6 Å². The molecule has 1 aliphatic rings. The van der Waals surface area contributed by atoms with Gasteiger partial charge < -0.3 is 14.0 Å². The maximum Gasteiger partial charge on any atom is 0.259 e. The van der Waals surface area contributed by atoms with Crippen molar-refractivity contribution in [3.8, 4) is 16.9 Å². The lowest BCUT2D eigenvalue weighted by Gasteiger charge is -2.16. The van der Waals surface area contributed by atoms with Crippen LogP contribution in [0.15, 0.2) is 55.4 Å². The Hall–Kier alpha value is -4.35. The van der Waals surface area contributed by atoms with Crippen LogP contribution in [0.25, 0.3) is 16.6 Å². The molecule has 0 saturated carbocycles. The van der Waals surface area contributed by atoms with Crippen LogP contribution in [0.5, 0.6) is 5.75 Å². The molecule has 0 spiro atoms. The maximum absolute atomic E-state index is 13.3. The summed E-state index contributed by atoms with van der Waals surface area (Å²) >= 11 is 7.49. The molecule has 12 heteroatoms. The molecule has 6 rings (SSSR count). The van der Waals surface area contributed by atoms with Crippen molar-refractivity contribution in [1.29, 1.82) is 0 Å². The third kappa shape index (κ3) is 4.25. The second-order valence-corrected chi connectivity index (χ2v) is 10.2. The average Bonchev–Trinajstić information content (AvgIpc) is 3.63. The molecule has 10 nitrogen and oxygen atoms in total. The largest absolute Gasteiger partial charge is 0.494 e. The predicted molar refractivity (Wildman–Crippen MR) is 143 cm³/mol. The summed E-state index contributed by atoms with van der Waals surface area (Å²) in [6.07, 6.45) is 8.23. The molecule has 2 amide bonds. The fourth-order valence-electron chi connectivity index (χ4n) is 4.46. The van der Waals surface area contributed by atoms with Gasteiger partial charge in [0.25, 0.3) is 11.8 Å². The molecule has 190 valence electrons. The topological polar surface area (TPSA) is 115 Å². The monoisotopic (exact) mass is 545 g/mol. The number of hydrogen-bond donors (Lipinski definition) is 1. The van der Waals surface area contributed by atoms with E-state index in [1.165, 1.54) is 30.8 Å². The fraction of sp³-hybridized carbons (Fsp3) is 0.154. The van der Waals surface area contributed by atoms with E-state index in [1.807, 2.05) is 23.6 Å². The highest BCUT2D eigenvalue weighted by molar-refractivity contribution is 7.16. The van der Waals surface area contributed by atoms with Crippen LogP contribution < -0.4 is 10.1 Å². The van der Waals surface area contributed by atoms with Gasteiger partial charge in [-0.3, -0.25) is 19.9 Å². The number of aromatic nitrogens is 5. The summed E-state index contributed by atoms with van der Waals surface area (Å²) in [5.74, 6) is 0.0288. The van der Waals surface area contributed by atoms with Crippen molar-refractivity contribution in [3.63, 3.8) is 0 Å². The number of hydrogen-bond acceptors (Lipinski definition) is 8. The van der Waals surface area contributed by atoms with Gasteiger partial charge in [-0.2, -0.15) is 0 Å². The highest BCUT2D eigenvalue weighted by Crippen LogP contribution is 2.35. The summed E-state index contributed by atoms with van der Waals surface area (Å²) in [6.45, 7) is 2.62. The number of ether oxygens (including phenoxy) is 1. The Morgan fingerprint density at radius 2 is 1.97 bits per heavy atom. The summed E-state index contributed by atoms with van der Waals surface area (Å²) < 4.78 is 7.26. The first-order chi connectivity index (χ1) is 18.4. The number of aryl methyl sites for hydroxylation is 1. The molecule has 6 heterocycles. The first-order valence-electron chi connectivity index (χ1n) is 11.6.